The summed E-state index contributed by atoms with van der Waals surface area (Å²) in [6.07, 6.45) is -0.679. The van der Waals surface area contributed by atoms with Gasteiger partial charge in [-0.05, 0) is 12.5 Å². The average Bonchev–Trinajstić information content (AvgIpc) is 2.26. The standard InChI is InChI=1S/C11H17NO2/c1-9(12-7-11(14)8-13)10-5-3-2-4-6-10/h2-6,9,11-14H,7-8H2,1H3/t9-,11-/m1/s1. The highest BCUT2D eigenvalue weighted by atomic mass is 16.3. The van der Waals surface area contributed by atoms with E-state index in [0.29, 0.717) is 6.54 Å². The molecular formula is C11H17NO2. The summed E-state index contributed by atoms with van der Waals surface area (Å²) in [7, 11) is 0. The first kappa shape index (κ1) is 11.2. The maximum atomic E-state index is 9.14. The normalized spacial score (nSPS) is 15.1. The van der Waals surface area contributed by atoms with Crippen molar-refractivity contribution in [1.29, 1.82) is 0 Å². The van der Waals surface area contributed by atoms with Gasteiger partial charge in [-0.1, -0.05) is 30.3 Å². The van der Waals surface area contributed by atoms with Crippen molar-refractivity contribution in [1.82, 2.24) is 5.32 Å². The number of hydrogen-bond acceptors (Lipinski definition) is 3. The molecule has 0 aromatic heterocycles. The maximum absolute atomic E-state index is 9.14. The van der Waals surface area contributed by atoms with Crippen molar-refractivity contribution in [2.45, 2.75) is 19.1 Å². The van der Waals surface area contributed by atoms with Gasteiger partial charge < -0.3 is 15.5 Å². The van der Waals surface area contributed by atoms with Gasteiger partial charge in [-0.25, -0.2) is 0 Å². The van der Waals surface area contributed by atoms with Crippen LogP contribution >= 0.6 is 0 Å². The second kappa shape index (κ2) is 5.75. The number of aliphatic hydroxyl groups excluding tert-OH is 2. The first-order valence-corrected chi connectivity index (χ1v) is 4.81. The van der Waals surface area contributed by atoms with Crippen molar-refractivity contribution < 1.29 is 10.2 Å². The monoisotopic (exact) mass is 195 g/mol. The quantitative estimate of drug-likeness (QED) is 0.648. The van der Waals surface area contributed by atoms with Crippen LogP contribution in [0.1, 0.15) is 18.5 Å². The van der Waals surface area contributed by atoms with E-state index in [9.17, 15) is 0 Å². The van der Waals surface area contributed by atoms with E-state index in [-0.39, 0.29) is 12.6 Å². The molecule has 1 rings (SSSR count). The minimum Gasteiger partial charge on any atom is -0.394 e. The number of benzene rings is 1. The number of hydrogen-bond donors (Lipinski definition) is 3. The fraction of sp³-hybridized carbons (Fsp3) is 0.455. The van der Waals surface area contributed by atoms with Crippen molar-refractivity contribution in [3.8, 4) is 0 Å². The van der Waals surface area contributed by atoms with Crippen LogP contribution in [0, 0.1) is 0 Å². The predicted molar refractivity (Wildman–Crippen MR) is 56.0 cm³/mol. The molecule has 2 atom stereocenters. The van der Waals surface area contributed by atoms with E-state index in [1.165, 1.54) is 5.56 Å². The molecule has 1 aromatic rings. The van der Waals surface area contributed by atoms with Crippen LogP contribution in [0.4, 0.5) is 0 Å². The molecule has 0 saturated heterocycles. The Morgan fingerprint density at radius 2 is 1.93 bits per heavy atom. The first-order chi connectivity index (χ1) is 6.74. The molecule has 0 bridgehead atoms. The van der Waals surface area contributed by atoms with Crippen LogP contribution in [-0.4, -0.2) is 29.5 Å². The Hall–Kier alpha value is -0.900. The van der Waals surface area contributed by atoms with Gasteiger partial charge in [-0.3, -0.25) is 0 Å². The van der Waals surface area contributed by atoms with Crippen molar-refractivity contribution in [2.24, 2.45) is 0 Å². The van der Waals surface area contributed by atoms with Crippen LogP contribution in [0.25, 0.3) is 0 Å². The largest absolute Gasteiger partial charge is 0.394 e. The third-order valence-corrected chi connectivity index (χ3v) is 2.17. The molecule has 78 valence electrons. The van der Waals surface area contributed by atoms with Crippen molar-refractivity contribution in [2.75, 3.05) is 13.2 Å². The number of aliphatic hydroxyl groups is 2. The summed E-state index contributed by atoms with van der Waals surface area (Å²) in [4.78, 5) is 0. The van der Waals surface area contributed by atoms with Crippen molar-refractivity contribution >= 4 is 0 Å². The maximum Gasteiger partial charge on any atom is 0.0895 e. The molecule has 0 heterocycles. The lowest BCUT2D eigenvalue weighted by Gasteiger charge is -2.16. The van der Waals surface area contributed by atoms with Gasteiger partial charge in [0.15, 0.2) is 0 Å². The van der Waals surface area contributed by atoms with Crippen molar-refractivity contribution in [3.05, 3.63) is 35.9 Å². The van der Waals surface area contributed by atoms with E-state index >= 15 is 0 Å². The Morgan fingerprint density at radius 3 is 2.50 bits per heavy atom. The Balaban J connectivity index is 2.39. The van der Waals surface area contributed by atoms with E-state index in [1.54, 1.807) is 0 Å². The van der Waals surface area contributed by atoms with E-state index < -0.39 is 6.10 Å². The Bertz CT molecular complexity index is 251. The van der Waals surface area contributed by atoms with Crippen LogP contribution in [0.3, 0.4) is 0 Å². The summed E-state index contributed by atoms with van der Waals surface area (Å²) in [5, 5.41) is 20.9. The molecule has 14 heavy (non-hydrogen) atoms. The zero-order chi connectivity index (χ0) is 10.4. The molecule has 3 N–H and O–H groups in total. The average molecular weight is 195 g/mol. The van der Waals surface area contributed by atoms with Gasteiger partial charge in [0.2, 0.25) is 0 Å². The Kier molecular flexibility index (Phi) is 4.59. The Labute approximate surface area is 84.4 Å². The SMILES string of the molecule is C[C@@H](NC[C@@H](O)CO)c1ccccc1. The highest BCUT2D eigenvalue weighted by Gasteiger charge is 2.06. The molecule has 1 aromatic carbocycles. The molecular weight excluding hydrogens is 178 g/mol. The minimum atomic E-state index is -0.679. The fourth-order valence-electron chi connectivity index (χ4n) is 1.24. The lowest BCUT2D eigenvalue weighted by molar-refractivity contribution is 0.0924. The molecule has 3 nitrogen and oxygen atoms in total. The second-order valence-electron chi connectivity index (χ2n) is 3.38. The summed E-state index contributed by atoms with van der Waals surface area (Å²) in [5.41, 5.74) is 1.18. The molecule has 0 aliphatic carbocycles. The topological polar surface area (TPSA) is 52.5 Å². The minimum absolute atomic E-state index is 0.192. The molecule has 0 aliphatic rings. The zero-order valence-corrected chi connectivity index (χ0v) is 8.35. The van der Waals surface area contributed by atoms with Gasteiger partial charge in [0.25, 0.3) is 0 Å². The van der Waals surface area contributed by atoms with E-state index in [4.69, 9.17) is 10.2 Å². The lowest BCUT2D eigenvalue weighted by Crippen LogP contribution is -2.31. The van der Waals surface area contributed by atoms with Gasteiger partial charge in [-0.2, -0.15) is 0 Å². The zero-order valence-electron chi connectivity index (χ0n) is 8.35. The van der Waals surface area contributed by atoms with E-state index in [2.05, 4.69) is 5.32 Å². The number of rotatable bonds is 5. The first-order valence-electron chi connectivity index (χ1n) is 4.81. The van der Waals surface area contributed by atoms with Crippen LogP contribution in [0.2, 0.25) is 0 Å². The third-order valence-electron chi connectivity index (χ3n) is 2.17. The predicted octanol–water partition coefficient (Wildman–Crippen LogP) is 0.690. The summed E-state index contributed by atoms with van der Waals surface area (Å²) < 4.78 is 0. The van der Waals surface area contributed by atoms with Crippen LogP contribution in [-0.2, 0) is 0 Å². The van der Waals surface area contributed by atoms with Crippen LogP contribution in [0.15, 0.2) is 30.3 Å². The summed E-state index contributed by atoms with van der Waals surface area (Å²) in [6, 6.07) is 10.2. The lowest BCUT2D eigenvalue weighted by atomic mass is 10.1. The molecule has 0 fully saturated rings. The van der Waals surface area contributed by atoms with E-state index in [0.717, 1.165) is 0 Å². The summed E-state index contributed by atoms with van der Waals surface area (Å²) in [5.74, 6) is 0. The molecule has 0 amide bonds. The van der Waals surface area contributed by atoms with Crippen LogP contribution < -0.4 is 5.32 Å². The molecule has 0 spiro atoms. The molecule has 0 radical (unpaired) electrons. The molecule has 0 unspecified atom stereocenters. The second-order valence-corrected chi connectivity index (χ2v) is 3.38. The molecule has 0 saturated carbocycles. The highest BCUT2D eigenvalue weighted by Crippen LogP contribution is 2.10. The van der Waals surface area contributed by atoms with Crippen molar-refractivity contribution in [3.63, 3.8) is 0 Å². The third kappa shape index (κ3) is 3.46. The van der Waals surface area contributed by atoms with Crippen LogP contribution in [0.5, 0.6) is 0 Å². The van der Waals surface area contributed by atoms with Gasteiger partial charge >= 0.3 is 0 Å². The summed E-state index contributed by atoms with van der Waals surface area (Å²) >= 11 is 0. The summed E-state index contributed by atoms with van der Waals surface area (Å²) in [6.45, 7) is 2.24. The van der Waals surface area contributed by atoms with Gasteiger partial charge in [0.1, 0.15) is 0 Å². The molecule has 3 heteroatoms. The molecule has 0 aliphatic heterocycles. The van der Waals surface area contributed by atoms with Gasteiger partial charge in [0.05, 0.1) is 12.7 Å². The highest BCUT2D eigenvalue weighted by molar-refractivity contribution is 5.17. The van der Waals surface area contributed by atoms with Gasteiger partial charge in [-0.15, -0.1) is 0 Å². The smallest absolute Gasteiger partial charge is 0.0895 e. The van der Waals surface area contributed by atoms with Gasteiger partial charge in [0, 0.05) is 12.6 Å². The number of nitrogens with one attached hydrogen (secondary N) is 1. The fourth-order valence-corrected chi connectivity index (χ4v) is 1.24. The van der Waals surface area contributed by atoms with E-state index in [1.807, 2.05) is 37.3 Å². The Morgan fingerprint density at radius 1 is 1.29 bits per heavy atom.